The third kappa shape index (κ3) is 3.69. The number of carbonyl (C=O) groups excluding carboxylic acids is 1. The molecule has 21 heavy (non-hydrogen) atoms. The fourth-order valence-corrected chi connectivity index (χ4v) is 2.80. The lowest BCUT2D eigenvalue weighted by molar-refractivity contribution is -0.148. The van der Waals surface area contributed by atoms with Gasteiger partial charge in [-0.2, -0.15) is 0 Å². The first-order chi connectivity index (χ1) is 9.75. The minimum Gasteiger partial charge on any atom is -0.466 e. The second-order valence-electron chi connectivity index (χ2n) is 6.98. The molecular formula is C16H27BO4. The zero-order valence-corrected chi connectivity index (χ0v) is 13.9. The lowest BCUT2D eigenvalue weighted by Gasteiger charge is -2.32. The van der Waals surface area contributed by atoms with Crippen LogP contribution in [0.25, 0.3) is 0 Å². The van der Waals surface area contributed by atoms with Crippen LogP contribution in [0.4, 0.5) is 0 Å². The Morgan fingerprint density at radius 1 is 1.24 bits per heavy atom. The van der Waals surface area contributed by atoms with Crippen LogP contribution < -0.4 is 0 Å². The summed E-state index contributed by atoms with van der Waals surface area (Å²) in [4.78, 5) is 11.7. The molecule has 1 aliphatic carbocycles. The van der Waals surface area contributed by atoms with Gasteiger partial charge >= 0.3 is 13.1 Å². The van der Waals surface area contributed by atoms with Crippen molar-refractivity contribution in [3.05, 3.63) is 11.5 Å². The van der Waals surface area contributed by atoms with Gasteiger partial charge in [-0.1, -0.05) is 11.5 Å². The molecule has 4 nitrogen and oxygen atoms in total. The van der Waals surface area contributed by atoms with E-state index in [1.165, 1.54) is 5.57 Å². The van der Waals surface area contributed by atoms with Crippen molar-refractivity contribution in [1.29, 1.82) is 0 Å². The van der Waals surface area contributed by atoms with E-state index in [2.05, 4.69) is 33.7 Å². The molecule has 0 amide bonds. The summed E-state index contributed by atoms with van der Waals surface area (Å²) in [5.41, 5.74) is 0.738. The van der Waals surface area contributed by atoms with Gasteiger partial charge in [0.25, 0.3) is 0 Å². The number of esters is 1. The Morgan fingerprint density at radius 3 is 2.24 bits per heavy atom. The van der Waals surface area contributed by atoms with E-state index in [0.29, 0.717) is 6.61 Å². The fourth-order valence-electron chi connectivity index (χ4n) is 2.80. The van der Waals surface area contributed by atoms with Gasteiger partial charge < -0.3 is 14.0 Å². The maximum atomic E-state index is 11.7. The first kappa shape index (κ1) is 16.6. The van der Waals surface area contributed by atoms with E-state index in [9.17, 15) is 4.79 Å². The average Bonchev–Trinajstić information content (AvgIpc) is 2.58. The van der Waals surface area contributed by atoms with Gasteiger partial charge in [0.1, 0.15) is 0 Å². The Morgan fingerprint density at radius 2 is 1.76 bits per heavy atom. The average molecular weight is 294 g/mol. The standard InChI is InChI=1S/C16H27BO4/c1-6-19-14(18)13-9-7-12(8-10-13)11-17-20-15(2,3)16(4,5)21-17/h11,13H,6-10H2,1-5H3. The summed E-state index contributed by atoms with van der Waals surface area (Å²) in [7, 11) is -0.274. The van der Waals surface area contributed by atoms with E-state index in [0.717, 1.165) is 25.7 Å². The van der Waals surface area contributed by atoms with Gasteiger partial charge in [0.2, 0.25) is 0 Å². The minimum atomic E-state index is -0.295. The molecule has 1 saturated heterocycles. The number of carbonyl (C=O) groups is 1. The summed E-state index contributed by atoms with van der Waals surface area (Å²) in [6.07, 6.45) is 3.58. The van der Waals surface area contributed by atoms with Crippen LogP contribution in [0.2, 0.25) is 0 Å². The highest BCUT2D eigenvalue weighted by molar-refractivity contribution is 6.51. The third-order valence-electron chi connectivity index (χ3n) is 4.89. The molecule has 0 unspecified atom stereocenters. The molecule has 118 valence electrons. The molecule has 0 radical (unpaired) electrons. The number of hydrogen-bond donors (Lipinski definition) is 0. The Balaban J connectivity index is 1.90. The molecule has 0 bridgehead atoms. The summed E-state index contributed by atoms with van der Waals surface area (Å²) in [5, 5.41) is 0. The van der Waals surface area contributed by atoms with Crippen LogP contribution in [0.5, 0.6) is 0 Å². The first-order valence-electron chi connectivity index (χ1n) is 7.97. The predicted octanol–water partition coefficient (Wildman–Crippen LogP) is 3.30. The monoisotopic (exact) mass is 294 g/mol. The molecule has 1 aliphatic heterocycles. The van der Waals surface area contributed by atoms with Crippen molar-refractivity contribution in [2.45, 2.75) is 71.5 Å². The SMILES string of the molecule is CCOC(=O)C1CCC(=CB2OC(C)(C)C(C)(C)O2)CC1. The lowest BCUT2D eigenvalue weighted by atomic mass is 9.79. The van der Waals surface area contributed by atoms with Gasteiger partial charge in [0, 0.05) is 0 Å². The van der Waals surface area contributed by atoms with Crippen LogP contribution in [-0.2, 0) is 18.8 Å². The van der Waals surface area contributed by atoms with Gasteiger partial charge in [-0.15, -0.1) is 0 Å². The number of allylic oxidation sites excluding steroid dienone is 1. The van der Waals surface area contributed by atoms with Crippen LogP contribution in [0, 0.1) is 5.92 Å². The molecular weight excluding hydrogens is 267 g/mol. The maximum absolute atomic E-state index is 11.7. The molecule has 0 spiro atoms. The highest BCUT2D eigenvalue weighted by Gasteiger charge is 2.50. The molecule has 0 atom stereocenters. The zero-order valence-electron chi connectivity index (χ0n) is 13.9. The summed E-state index contributed by atoms with van der Waals surface area (Å²) >= 11 is 0. The van der Waals surface area contributed by atoms with Crippen molar-refractivity contribution in [3.8, 4) is 0 Å². The molecule has 1 heterocycles. The van der Waals surface area contributed by atoms with Crippen LogP contribution >= 0.6 is 0 Å². The largest absolute Gasteiger partial charge is 0.487 e. The Labute approximate surface area is 128 Å². The number of hydrogen-bond acceptors (Lipinski definition) is 4. The molecule has 2 rings (SSSR count). The quantitative estimate of drug-likeness (QED) is 0.592. The molecule has 0 aromatic carbocycles. The van der Waals surface area contributed by atoms with E-state index in [1.807, 2.05) is 6.92 Å². The van der Waals surface area contributed by atoms with Crippen LogP contribution in [0.15, 0.2) is 11.5 Å². The van der Waals surface area contributed by atoms with Crippen LogP contribution in [0.1, 0.15) is 60.3 Å². The summed E-state index contributed by atoms with van der Waals surface area (Å²) < 4.78 is 17.1. The Kier molecular flexibility index (Phi) is 4.84. The van der Waals surface area contributed by atoms with Crippen molar-refractivity contribution < 1.29 is 18.8 Å². The molecule has 1 saturated carbocycles. The van der Waals surface area contributed by atoms with Gasteiger partial charge in [0.15, 0.2) is 0 Å². The van der Waals surface area contributed by atoms with Crippen LogP contribution in [0.3, 0.4) is 0 Å². The Bertz CT molecular complexity index is 402. The molecule has 0 N–H and O–H groups in total. The minimum absolute atomic E-state index is 0.0489. The summed E-state index contributed by atoms with van der Waals surface area (Å²) in [6, 6.07) is 0. The topological polar surface area (TPSA) is 44.8 Å². The van der Waals surface area contributed by atoms with Gasteiger partial charge in [-0.25, -0.2) is 0 Å². The van der Waals surface area contributed by atoms with Crippen molar-refractivity contribution in [2.75, 3.05) is 6.61 Å². The van der Waals surface area contributed by atoms with E-state index in [-0.39, 0.29) is 30.2 Å². The first-order valence-corrected chi connectivity index (χ1v) is 7.97. The van der Waals surface area contributed by atoms with Crippen molar-refractivity contribution in [2.24, 2.45) is 5.92 Å². The zero-order chi connectivity index (χ0) is 15.7. The van der Waals surface area contributed by atoms with Gasteiger partial charge in [-0.3, -0.25) is 4.79 Å². The lowest BCUT2D eigenvalue weighted by Crippen LogP contribution is -2.41. The highest BCUT2D eigenvalue weighted by Crippen LogP contribution is 2.38. The van der Waals surface area contributed by atoms with Crippen LogP contribution in [-0.4, -0.2) is 30.9 Å². The second kappa shape index (κ2) is 6.13. The summed E-state index contributed by atoms with van der Waals surface area (Å²) in [6.45, 7) is 10.6. The predicted molar refractivity (Wildman–Crippen MR) is 82.8 cm³/mol. The molecule has 0 aromatic rings. The van der Waals surface area contributed by atoms with E-state index in [1.54, 1.807) is 0 Å². The highest BCUT2D eigenvalue weighted by atomic mass is 16.7. The number of rotatable bonds is 3. The van der Waals surface area contributed by atoms with E-state index < -0.39 is 0 Å². The second-order valence-corrected chi connectivity index (χ2v) is 6.98. The van der Waals surface area contributed by atoms with Gasteiger partial charge in [-0.05, 0) is 60.3 Å². The fraction of sp³-hybridized carbons (Fsp3) is 0.812. The Hall–Kier alpha value is -0.805. The summed E-state index contributed by atoms with van der Waals surface area (Å²) in [5.74, 6) is 2.10. The molecule has 0 aromatic heterocycles. The maximum Gasteiger partial charge on any atom is 0.487 e. The van der Waals surface area contributed by atoms with E-state index >= 15 is 0 Å². The smallest absolute Gasteiger partial charge is 0.466 e. The van der Waals surface area contributed by atoms with Crippen molar-refractivity contribution in [3.63, 3.8) is 0 Å². The third-order valence-corrected chi connectivity index (χ3v) is 4.89. The number of ether oxygens (including phenoxy) is 1. The molecule has 2 aliphatic rings. The normalized spacial score (nSPS) is 27.6. The molecule has 5 heteroatoms. The molecule has 2 fully saturated rings. The van der Waals surface area contributed by atoms with E-state index in [4.69, 9.17) is 14.0 Å². The van der Waals surface area contributed by atoms with Gasteiger partial charge in [0.05, 0.1) is 23.7 Å². The van der Waals surface area contributed by atoms with Crippen molar-refractivity contribution >= 4 is 13.1 Å². The van der Waals surface area contributed by atoms with Crippen molar-refractivity contribution in [1.82, 2.24) is 0 Å².